The van der Waals surface area contributed by atoms with Crippen LogP contribution in [0.3, 0.4) is 0 Å². The van der Waals surface area contributed by atoms with Gasteiger partial charge in [0.25, 0.3) is 0 Å². The largest absolute Gasteiger partial charge is 0.319 e. The molecule has 0 saturated carbocycles. The average molecular weight is 258 g/mol. The quantitative estimate of drug-likeness (QED) is 0.559. The van der Waals surface area contributed by atoms with Crippen LogP contribution in [0.2, 0.25) is 37.3 Å². The lowest BCUT2D eigenvalue weighted by Gasteiger charge is -2.37. The van der Waals surface area contributed by atoms with Crippen LogP contribution >= 0.6 is 0 Å². The first-order valence-corrected chi connectivity index (χ1v) is 12.9. The highest BCUT2D eigenvalue weighted by Crippen LogP contribution is 2.38. The van der Waals surface area contributed by atoms with Crippen LogP contribution in [0.15, 0.2) is 12.3 Å². The summed E-state index contributed by atoms with van der Waals surface area (Å²) in [6.45, 7) is 22.0. The third-order valence-electron chi connectivity index (χ3n) is 4.09. The zero-order valence-corrected chi connectivity index (χ0v) is 14.4. The van der Waals surface area contributed by atoms with Gasteiger partial charge in [0.2, 0.25) is 0 Å². The van der Waals surface area contributed by atoms with Gasteiger partial charge in [0.1, 0.15) is 0 Å². The lowest BCUT2D eigenvalue weighted by Crippen LogP contribution is -2.43. The van der Waals surface area contributed by atoms with E-state index in [9.17, 15) is 0 Å². The molecule has 0 heterocycles. The fraction of sp³-hybridized carbons (Fsp3) is 0.846. The predicted molar refractivity (Wildman–Crippen MR) is 82.6 cm³/mol. The van der Waals surface area contributed by atoms with Crippen molar-refractivity contribution >= 4 is 16.1 Å². The molecule has 0 aromatic carbocycles. The lowest BCUT2D eigenvalue weighted by atomic mass is 10.2. The van der Waals surface area contributed by atoms with Gasteiger partial charge in [-0.3, -0.25) is 0 Å². The molecule has 0 aromatic rings. The second-order valence-electron chi connectivity index (χ2n) is 7.25. The van der Waals surface area contributed by atoms with E-state index in [-0.39, 0.29) is 0 Å². The summed E-state index contributed by atoms with van der Waals surface area (Å²) in [6, 6.07) is 1.37. The number of hydrogen-bond donors (Lipinski definition) is 1. The normalized spacial score (nSPS) is 13.9. The number of rotatable bonds is 6. The van der Waals surface area contributed by atoms with Gasteiger partial charge < -0.3 is 5.32 Å². The highest BCUT2D eigenvalue weighted by molar-refractivity contribution is 6.82. The minimum atomic E-state index is -1.15. The van der Waals surface area contributed by atoms with Crippen LogP contribution in [0.4, 0.5) is 0 Å². The molecule has 0 amide bonds. The molecule has 0 saturated heterocycles. The van der Waals surface area contributed by atoms with Gasteiger partial charge in [-0.2, -0.15) is 0 Å². The van der Waals surface area contributed by atoms with Crippen molar-refractivity contribution in [1.82, 2.24) is 5.32 Å². The van der Waals surface area contributed by atoms with Gasteiger partial charge in [-0.25, -0.2) is 0 Å². The van der Waals surface area contributed by atoms with Gasteiger partial charge in [0, 0.05) is 0 Å². The second-order valence-corrected chi connectivity index (χ2v) is 17.8. The monoisotopic (exact) mass is 257 g/mol. The van der Waals surface area contributed by atoms with E-state index in [1.807, 2.05) is 0 Å². The van der Waals surface area contributed by atoms with E-state index in [4.69, 9.17) is 0 Å². The molecule has 3 heteroatoms. The van der Waals surface area contributed by atoms with Crippen molar-refractivity contribution in [3.8, 4) is 0 Å². The Bertz CT molecular complexity index is 227. The van der Waals surface area contributed by atoms with E-state index in [2.05, 4.69) is 64.6 Å². The minimum absolute atomic E-state index is 0.514. The topological polar surface area (TPSA) is 12.0 Å². The Morgan fingerprint density at radius 3 is 2.00 bits per heavy atom. The highest BCUT2D eigenvalue weighted by atomic mass is 28.3. The summed E-state index contributed by atoms with van der Waals surface area (Å²) in [5.74, 6) is 0. The molecule has 1 nitrogen and oxygen atoms in total. The number of nitrogens with one attached hydrogen (secondary N) is 1. The van der Waals surface area contributed by atoms with E-state index in [1.54, 1.807) is 0 Å². The van der Waals surface area contributed by atoms with Gasteiger partial charge >= 0.3 is 0 Å². The summed E-state index contributed by atoms with van der Waals surface area (Å²) in [6.07, 6.45) is 1.17. The molecule has 96 valence electrons. The van der Waals surface area contributed by atoms with Crippen molar-refractivity contribution in [2.24, 2.45) is 0 Å². The summed E-state index contributed by atoms with van der Waals surface area (Å²) < 4.78 is 0. The Morgan fingerprint density at radius 2 is 1.62 bits per heavy atom. The first kappa shape index (κ1) is 16.1. The van der Waals surface area contributed by atoms with Gasteiger partial charge in [-0.05, 0) is 23.8 Å². The first-order valence-electron chi connectivity index (χ1n) is 6.36. The van der Waals surface area contributed by atoms with Crippen LogP contribution in [0.5, 0.6) is 0 Å². The van der Waals surface area contributed by atoms with E-state index in [0.717, 1.165) is 0 Å². The zero-order chi connectivity index (χ0) is 13.0. The molecule has 1 N–H and O–H groups in total. The van der Waals surface area contributed by atoms with Crippen molar-refractivity contribution in [1.29, 1.82) is 0 Å². The summed E-state index contributed by atoms with van der Waals surface area (Å²) >= 11 is 0. The fourth-order valence-corrected chi connectivity index (χ4v) is 3.78. The molecule has 0 unspecified atom stereocenters. The Kier molecular flexibility index (Phi) is 5.70. The standard InChI is InChI=1S/C13H31NSi2/c1-9-15(5,6)12-14-10-11-16(7,8)13(2,3)4/h9,14H,1,10-12H2,2-8H3. The Balaban J connectivity index is 3.96. The summed E-state index contributed by atoms with van der Waals surface area (Å²) in [7, 11) is -2.24. The van der Waals surface area contributed by atoms with E-state index in [1.165, 1.54) is 18.8 Å². The second kappa shape index (κ2) is 5.65. The molecule has 0 aliphatic rings. The van der Waals surface area contributed by atoms with Crippen LogP contribution in [0.1, 0.15) is 20.8 Å². The van der Waals surface area contributed by atoms with E-state index < -0.39 is 16.1 Å². The fourth-order valence-electron chi connectivity index (χ4n) is 1.26. The van der Waals surface area contributed by atoms with Crippen LogP contribution in [0.25, 0.3) is 0 Å². The maximum absolute atomic E-state index is 3.93. The smallest absolute Gasteiger partial charge is 0.0851 e. The molecule has 0 rings (SSSR count). The Hall–Kier alpha value is 0.134. The van der Waals surface area contributed by atoms with Gasteiger partial charge in [0.15, 0.2) is 0 Å². The molecule has 0 radical (unpaired) electrons. The summed E-state index contributed by atoms with van der Waals surface area (Å²) in [5.41, 5.74) is 2.17. The summed E-state index contributed by atoms with van der Waals surface area (Å²) in [5, 5.41) is 4.14. The molecular formula is C13H31NSi2. The minimum Gasteiger partial charge on any atom is -0.319 e. The molecule has 0 fully saturated rings. The van der Waals surface area contributed by atoms with Crippen molar-refractivity contribution < 1.29 is 0 Å². The van der Waals surface area contributed by atoms with Crippen molar-refractivity contribution in [2.75, 3.05) is 12.7 Å². The molecule has 0 spiro atoms. The van der Waals surface area contributed by atoms with Gasteiger partial charge in [-0.15, -0.1) is 12.3 Å². The van der Waals surface area contributed by atoms with Crippen molar-refractivity contribution in [3.05, 3.63) is 12.3 Å². The third-order valence-corrected chi connectivity index (χ3v) is 11.9. The van der Waals surface area contributed by atoms with Crippen LogP contribution < -0.4 is 5.32 Å². The molecule has 16 heavy (non-hydrogen) atoms. The van der Waals surface area contributed by atoms with Gasteiger partial charge in [-0.1, -0.05) is 47.0 Å². The molecular weight excluding hydrogens is 226 g/mol. The Labute approximate surface area is 105 Å². The molecule has 0 atom stereocenters. The van der Waals surface area contributed by atoms with E-state index >= 15 is 0 Å². The van der Waals surface area contributed by atoms with Crippen molar-refractivity contribution in [3.63, 3.8) is 0 Å². The van der Waals surface area contributed by atoms with Gasteiger partial charge in [0.05, 0.1) is 16.1 Å². The van der Waals surface area contributed by atoms with E-state index in [0.29, 0.717) is 5.04 Å². The third kappa shape index (κ3) is 5.46. The van der Waals surface area contributed by atoms with Crippen LogP contribution in [-0.2, 0) is 0 Å². The SMILES string of the molecule is C=C[Si](C)(C)CNCC[Si](C)(C)C(C)(C)C. The predicted octanol–water partition coefficient (Wildman–Crippen LogP) is 4.06. The highest BCUT2D eigenvalue weighted by Gasteiger charge is 2.34. The molecule has 0 aromatic heterocycles. The Morgan fingerprint density at radius 1 is 1.12 bits per heavy atom. The average Bonchev–Trinajstić information content (AvgIpc) is 2.11. The first-order chi connectivity index (χ1) is 7.02. The van der Waals surface area contributed by atoms with Crippen molar-refractivity contribution in [2.45, 2.75) is 58.0 Å². The maximum Gasteiger partial charge on any atom is 0.0851 e. The molecule has 0 aliphatic heterocycles. The zero-order valence-electron chi connectivity index (χ0n) is 12.4. The molecule has 0 bridgehead atoms. The summed E-state index contributed by atoms with van der Waals surface area (Å²) in [4.78, 5) is 0. The maximum atomic E-state index is 3.93. The molecule has 0 aliphatic carbocycles. The van der Waals surface area contributed by atoms with Crippen LogP contribution in [0, 0.1) is 0 Å². The van der Waals surface area contributed by atoms with Crippen LogP contribution in [-0.4, -0.2) is 28.9 Å². The number of hydrogen-bond acceptors (Lipinski definition) is 1. The lowest BCUT2D eigenvalue weighted by molar-refractivity contribution is 0.699.